The minimum absolute atomic E-state index is 0.0622. The molecule has 266 valence electrons. The van der Waals surface area contributed by atoms with Crippen molar-refractivity contribution in [3.8, 4) is 0 Å². The smallest absolute Gasteiger partial charge is 0.275 e. The minimum atomic E-state index is -0.288. The molecular weight excluding hydrogens is 754 g/mol. The molecule has 0 unspecified atom stereocenters. The summed E-state index contributed by atoms with van der Waals surface area (Å²) < 4.78 is 6.51. The number of halogens is 2. The van der Waals surface area contributed by atoms with E-state index >= 15 is 0 Å². The van der Waals surface area contributed by atoms with E-state index in [2.05, 4.69) is 52.8 Å². The predicted molar refractivity (Wildman–Crippen MR) is 198 cm³/mol. The number of rotatable bonds is 12. The number of nitrogens with zero attached hydrogens (tertiary/aromatic N) is 5. The van der Waals surface area contributed by atoms with Crippen LogP contribution in [0.1, 0.15) is 124 Å². The molecule has 3 aromatic heterocycles. The third-order valence-electron chi connectivity index (χ3n) is 10.1. The molecule has 0 spiro atoms. The van der Waals surface area contributed by atoms with Crippen LogP contribution in [0.3, 0.4) is 0 Å². The molecule has 0 radical (unpaired) electrons. The fraction of sp³-hybridized carbons (Fsp3) is 0.611. The van der Waals surface area contributed by atoms with E-state index in [4.69, 9.17) is 0 Å². The second-order valence-electron chi connectivity index (χ2n) is 13.7. The molecule has 0 bridgehead atoms. The third kappa shape index (κ3) is 9.80. The number of anilines is 1. The number of aryl methyl sites for hydroxylation is 1. The maximum absolute atomic E-state index is 13.5. The number of unbranched alkanes of at least 4 members (excludes halogenated alkanes) is 2. The zero-order valence-corrected chi connectivity index (χ0v) is 31.9. The molecule has 0 aliphatic heterocycles. The Hall–Kier alpha value is -3.06. The van der Waals surface area contributed by atoms with Gasteiger partial charge in [0.05, 0.1) is 12.7 Å². The van der Waals surface area contributed by atoms with Crippen LogP contribution in [0.25, 0.3) is 0 Å². The summed E-state index contributed by atoms with van der Waals surface area (Å²) >= 11 is 7.12. The largest absolute Gasteiger partial charge is 0.349 e. The minimum Gasteiger partial charge on any atom is -0.349 e. The molecule has 0 atom stereocenters. The number of aromatic nitrogens is 5. The summed E-state index contributed by atoms with van der Waals surface area (Å²) in [6, 6.07) is 1.78. The Morgan fingerprint density at radius 1 is 0.837 bits per heavy atom. The SMILES string of the molecule is Cc1c(Br)cn(Cc2cn(CCCCCn3c(C)c(Br)cc(C(=O)NC4CCCCCC4)c3=O)nn2)c(=O)c1NC(=O)C1CCCCCC1. The Kier molecular flexibility index (Phi) is 13.5. The van der Waals surface area contributed by atoms with Crippen molar-refractivity contribution in [3.05, 3.63) is 70.6 Å². The normalized spacial score (nSPS) is 16.2. The summed E-state index contributed by atoms with van der Waals surface area (Å²) in [7, 11) is 0. The highest BCUT2D eigenvalue weighted by molar-refractivity contribution is 9.10. The highest BCUT2D eigenvalue weighted by Crippen LogP contribution is 2.26. The molecule has 2 N–H and O–H groups in total. The van der Waals surface area contributed by atoms with Gasteiger partial charge >= 0.3 is 0 Å². The molecule has 0 saturated heterocycles. The van der Waals surface area contributed by atoms with Crippen LogP contribution in [0.5, 0.6) is 0 Å². The van der Waals surface area contributed by atoms with Gasteiger partial charge < -0.3 is 19.8 Å². The molecule has 2 amide bonds. The maximum atomic E-state index is 13.5. The predicted octanol–water partition coefficient (Wildman–Crippen LogP) is 7.02. The van der Waals surface area contributed by atoms with E-state index in [1.165, 1.54) is 12.8 Å². The van der Waals surface area contributed by atoms with Crippen LogP contribution in [-0.2, 0) is 24.4 Å². The van der Waals surface area contributed by atoms with Gasteiger partial charge in [-0.3, -0.25) is 23.9 Å². The summed E-state index contributed by atoms with van der Waals surface area (Å²) in [5.74, 6) is -0.425. The number of carbonyl (C=O) groups is 2. The van der Waals surface area contributed by atoms with Gasteiger partial charge in [-0.05, 0) is 102 Å². The number of carbonyl (C=O) groups excluding carboxylic acids is 2. The summed E-state index contributed by atoms with van der Waals surface area (Å²) in [4.78, 5) is 53.0. The quantitative estimate of drug-likeness (QED) is 0.149. The van der Waals surface area contributed by atoms with Gasteiger partial charge in [0.15, 0.2) is 0 Å². The second-order valence-corrected chi connectivity index (χ2v) is 15.4. The first-order valence-electron chi connectivity index (χ1n) is 17.9. The van der Waals surface area contributed by atoms with Gasteiger partial charge in [0.2, 0.25) is 5.91 Å². The van der Waals surface area contributed by atoms with Gasteiger partial charge in [-0.25, -0.2) is 0 Å². The van der Waals surface area contributed by atoms with Gasteiger partial charge in [0.1, 0.15) is 16.9 Å². The van der Waals surface area contributed by atoms with Gasteiger partial charge in [0, 0.05) is 45.9 Å². The Morgan fingerprint density at radius 3 is 2.18 bits per heavy atom. The fourth-order valence-electron chi connectivity index (χ4n) is 7.00. The van der Waals surface area contributed by atoms with Crippen LogP contribution >= 0.6 is 31.9 Å². The van der Waals surface area contributed by atoms with E-state index in [1.807, 2.05) is 20.0 Å². The Bertz CT molecular complexity index is 1730. The van der Waals surface area contributed by atoms with E-state index in [-0.39, 0.29) is 47.0 Å². The Morgan fingerprint density at radius 2 is 1.49 bits per heavy atom. The standard InChI is InChI=1S/C36H49Br2N7O4/c1-24-31(38)23-43(36(49)32(24)40-33(46)26-14-8-3-4-9-15-26)21-28-22-44(42-41-28)18-12-7-13-19-45-25(2)30(37)20-29(35(45)48)34(47)39-27-16-10-5-6-11-17-27/h20,22-23,26-27H,3-19,21H2,1-2H3,(H,39,47)(H,40,46). The lowest BCUT2D eigenvalue weighted by Gasteiger charge is -2.18. The van der Waals surface area contributed by atoms with Crippen molar-refractivity contribution < 1.29 is 9.59 Å². The van der Waals surface area contributed by atoms with Crippen molar-refractivity contribution in [1.29, 1.82) is 0 Å². The first-order chi connectivity index (χ1) is 23.6. The van der Waals surface area contributed by atoms with Crippen LogP contribution in [-0.4, -0.2) is 42.0 Å². The number of pyridine rings is 2. The van der Waals surface area contributed by atoms with E-state index < -0.39 is 0 Å². The molecule has 0 aromatic carbocycles. The van der Waals surface area contributed by atoms with Gasteiger partial charge in [0.25, 0.3) is 17.0 Å². The number of hydrogen-bond donors (Lipinski definition) is 2. The molecule has 3 heterocycles. The highest BCUT2D eigenvalue weighted by atomic mass is 79.9. The highest BCUT2D eigenvalue weighted by Gasteiger charge is 2.24. The van der Waals surface area contributed by atoms with E-state index in [9.17, 15) is 19.2 Å². The van der Waals surface area contributed by atoms with Gasteiger partial charge in [-0.2, -0.15) is 0 Å². The van der Waals surface area contributed by atoms with Crippen LogP contribution in [0, 0.1) is 19.8 Å². The number of hydrogen-bond acceptors (Lipinski definition) is 6. The summed E-state index contributed by atoms with van der Waals surface area (Å²) in [5.41, 5.74) is 2.14. The third-order valence-corrected chi connectivity index (χ3v) is 11.7. The molecule has 11 nitrogen and oxygen atoms in total. The zero-order valence-electron chi connectivity index (χ0n) is 28.7. The van der Waals surface area contributed by atoms with Crippen LogP contribution in [0.15, 0.2) is 37.0 Å². The van der Waals surface area contributed by atoms with Gasteiger partial charge in [-0.15, -0.1) is 5.10 Å². The first kappa shape index (κ1) is 37.2. The number of amides is 2. The average Bonchev–Trinajstić information content (AvgIpc) is 3.25. The van der Waals surface area contributed by atoms with Crippen LogP contribution in [0.4, 0.5) is 5.69 Å². The molecule has 2 aliphatic carbocycles. The molecule has 49 heavy (non-hydrogen) atoms. The lowest BCUT2D eigenvalue weighted by atomic mass is 9.99. The molecule has 13 heteroatoms. The first-order valence-corrected chi connectivity index (χ1v) is 19.5. The van der Waals surface area contributed by atoms with Crippen molar-refractivity contribution in [2.75, 3.05) is 5.32 Å². The Labute approximate surface area is 304 Å². The fourth-order valence-corrected chi connectivity index (χ4v) is 7.89. The van der Waals surface area contributed by atoms with Gasteiger partial charge in [-0.1, -0.05) is 56.6 Å². The zero-order chi connectivity index (χ0) is 34.9. The maximum Gasteiger partial charge on any atom is 0.275 e. The molecule has 3 aromatic rings. The van der Waals surface area contributed by atoms with E-state index in [1.54, 1.807) is 26.1 Å². The monoisotopic (exact) mass is 801 g/mol. The lowest BCUT2D eigenvalue weighted by Crippen LogP contribution is -2.39. The molecule has 2 saturated carbocycles. The summed E-state index contributed by atoms with van der Waals surface area (Å²) in [6.07, 6.45) is 18.7. The Balaban J connectivity index is 1.14. The van der Waals surface area contributed by atoms with Crippen molar-refractivity contribution in [3.63, 3.8) is 0 Å². The average molecular weight is 804 g/mol. The van der Waals surface area contributed by atoms with Crippen molar-refractivity contribution >= 4 is 49.4 Å². The summed E-state index contributed by atoms with van der Waals surface area (Å²) in [5, 5.41) is 14.6. The van der Waals surface area contributed by atoms with Crippen molar-refractivity contribution in [2.24, 2.45) is 5.92 Å². The topological polar surface area (TPSA) is 133 Å². The van der Waals surface area contributed by atoms with E-state index in [0.717, 1.165) is 98.1 Å². The second kappa shape index (κ2) is 17.7. The van der Waals surface area contributed by atoms with Crippen molar-refractivity contribution in [2.45, 2.75) is 136 Å². The number of nitrogens with one attached hydrogen (secondary N) is 2. The molecule has 2 aliphatic rings. The van der Waals surface area contributed by atoms with Crippen molar-refractivity contribution in [1.82, 2.24) is 29.4 Å². The van der Waals surface area contributed by atoms with Crippen LogP contribution < -0.4 is 21.8 Å². The lowest BCUT2D eigenvalue weighted by molar-refractivity contribution is -0.120. The molecule has 5 rings (SSSR count). The molecular formula is C36H49Br2N7O4. The molecule has 2 fully saturated rings. The van der Waals surface area contributed by atoms with E-state index in [0.29, 0.717) is 30.0 Å². The van der Waals surface area contributed by atoms with Crippen LogP contribution in [0.2, 0.25) is 0 Å². The summed E-state index contributed by atoms with van der Waals surface area (Å²) in [6.45, 7) is 5.11.